The van der Waals surface area contributed by atoms with Crippen LogP contribution in [0.15, 0.2) is 36.4 Å². The van der Waals surface area contributed by atoms with Crippen molar-refractivity contribution in [2.45, 2.75) is 51.5 Å². The van der Waals surface area contributed by atoms with Gasteiger partial charge in [-0.1, -0.05) is 12.1 Å². The van der Waals surface area contributed by atoms with Crippen molar-refractivity contribution in [2.24, 2.45) is 0 Å². The molecule has 0 saturated carbocycles. The lowest BCUT2D eigenvalue weighted by atomic mass is 9.92. The normalized spacial score (nSPS) is 20.5. The number of benzene rings is 1. The second-order valence-corrected chi connectivity index (χ2v) is 8.42. The van der Waals surface area contributed by atoms with Crippen LogP contribution >= 0.6 is 0 Å². The van der Waals surface area contributed by atoms with Gasteiger partial charge in [-0.25, -0.2) is 4.39 Å². The van der Waals surface area contributed by atoms with Crippen LogP contribution in [0.25, 0.3) is 11.1 Å². The Labute approximate surface area is 176 Å². The summed E-state index contributed by atoms with van der Waals surface area (Å²) < 4.78 is 13.3. The predicted molar refractivity (Wildman–Crippen MR) is 113 cm³/mol. The van der Waals surface area contributed by atoms with Crippen molar-refractivity contribution in [3.05, 3.63) is 53.6 Å². The van der Waals surface area contributed by atoms with Gasteiger partial charge in [0.15, 0.2) is 0 Å². The summed E-state index contributed by atoms with van der Waals surface area (Å²) in [6.07, 6.45) is 3.26. The van der Waals surface area contributed by atoms with Crippen molar-refractivity contribution < 1.29 is 14.0 Å². The summed E-state index contributed by atoms with van der Waals surface area (Å²) >= 11 is 0. The second-order valence-electron chi connectivity index (χ2n) is 8.42. The SMILES string of the molecule is Cc1cc(-c2ccc(F)cc2)cc([C@@H]2CCCN(C(=O)[C@H](C)N3CCCC3=O)C2)n1. The van der Waals surface area contributed by atoms with E-state index >= 15 is 0 Å². The minimum Gasteiger partial charge on any atom is -0.340 e. The molecule has 4 rings (SSSR count). The highest BCUT2D eigenvalue weighted by atomic mass is 19.1. The number of aromatic nitrogens is 1. The number of piperidine rings is 1. The molecule has 30 heavy (non-hydrogen) atoms. The summed E-state index contributed by atoms with van der Waals surface area (Å²) in [5.74, 6) is 0.00938. The van der Waals surface area contributed by atoms with Crippen molar-refractivity contribution in [1.82, 2.24) is 14.8 Å². The van der Waals surface area contributed by atoms with Crippen molar-refractivity contribution in [1.29, 1.82) is 0 Å². The van der Waals surface area contributed by atoms with Crippen LogP contribution in [0.1, 0.15) is 49.9 Å². The van der Waals surface area contributed by atoms with Crippen LogP contribution in [0, 0.1) is 12.7 Å². The van der Waals surface area contributed by atoms with E-state index in [0.29, 0.717) is 19.5 Å². The van der Waals surface area contributed by atoms with Crippen LogP contribution in [0.5, 0.6) is 0 Å². The van der Waals surface area contributed by atoms with Gasteiger partial charge < -0.3 is 9.80 Å². The van der Waals surface area contributed by atoms with Gasteiger partial charge in [-0.05, 0) is 68.5 Å². The quantitative estimate of drug-likeness (QED) is 0.769. The smallest absolute Gasteiger partial charge is 0.245 e. The lowest BCUT2D eigenvalue weighted by molar-refractivity contribution is -0.143. The van der Waals surface area contributed by atoms with Crippen LogP contribution in [0.4, 0.5) is 4.39 Å². The zero-order valence-electron chi connectivity index (χ0n) is 17.6. The highest BCUT2D eigenvalue weighted by molar-refractivity contribution is 5.88. The number of likely N-dealkylation sites (tertiary alicyclic amines) is 2. The summed E-state index contributed by atoms with van der Waals surface area (Å²) in [6, 6.07) is 10.1. The van der Waals surface area contributed by atoms with Crippen LogP contribution in [-0.2, 0) is 9.59 Å². The molecule has 2 aromatic rings. The van der Waals surface area contributed by atoms with E-state index in [4.69, 9.17) is 4.98 Å². The number of pyridine rings is 1. The van der Waals surface area contributed by atoms with Crippen molar-refractivity contribution in [2.75, 3.05) is 19.6 Å². The zero-order chi connectivity index (χ0) is 21.3. The molecule has 0 N–H and O–H groups in total. The van der Waals surface area contributed by atoms with E-state index in [1.165, 1.54) is 12.1 Å². The first-order valence-electron chi connectivity index (χ1n) is 10.7. The van der Waals surface area contributed by atoms with E-state index in [1.807, 2.05) is 24.8 Å². The predicted octanol–water partition coefficient (Wildman–Crippen LogP) is 3.91. The number of carbonyl (C=O) groups excluding carboxylic acids is 2. The Morgan fingerprint density at radius 3 is 2.60 bits per heavy atom. The third kappa shape index (κ3) is 4.23. The van der Waals surface area contributed by atoms with Gasteiger partial charge in [0.1, 0.15) is 11.9 Å². The Balaban J connectivity index is 1.52. The average Bonchev–Trinajstić information content (AvgIpc) is 3.18. The van der Waals surface area contributed by atoms with E-state index in [1.54, 1.807) is 17.0 Å². The molecule has 0 spiro atoms. The number of rotatable bonds is 4. The molecule has 6 heteroatoms. The summed E-state index contributed by atoms with van der Waals surface area (Å²) in [7, 11) is 0. The largest absolute Gasteiger partial charge is 0.340 e. The van der Waals surface area contributed by atoms with Gasteiger partial charge in [0.05, 0.1) is 0 Å². The highest BCUT2D eigenvalue weighted by Gasteiger charge is 2.34. The van der Waals surface area contributed by atoms with Gasteiger partial charge in [-0.3, -0.25) is 14.6 Å². The van der Waals surface area contributed by atoms with Gasteiger partial charge in [-0.2, -0.15) is 0 Å². The fraction of sp³-hybridized carbons (Fsp3) is 0.458. The van der Waals surface area contributed by atoms with Gasteiger partial charge in [-0.15, -0.1) is 0 Å². The first-order valence-corrected chi connectivity index (χ1v) is 10.7. The Morgan fingerprint density at radius 1 is 1.13 bits per heavy atom. The van der Waals surface area contributed by atoms with E-state index in [-0.39, 0.29) is 23.5 Å². The standard InChI is InChI=1S/C24H28FN3O2/c1-16-13-20(18-7-9-21(25)10-8-18)14-22(26-16)19-5-3-11-27(15-19)24(30)17(2)28-12-4-6-23(28)29/h7-10,13-14,17,19H,3-6,11-12,15H2,1-2H3/t17-,19+/m0/s1. The highest BCUT2D eigenvalue weighted by Crippen LogP contribution is 2.30. The first-order chi connectivity index (χ1) is 14.4. The topological polar surface area (TPSA) is 53.5 Å². The molecule has 2 fully saturated rings. The number of nitrogens with zero attached hydrogens (tertiary/aromatic N) is 3. The molecular weight excluding hydrogens is 381 g/mol. The Morgan fingerprint density at radius 2 is 1.90 bits per heavy atom. The van der Waals surface area contributed by atoms with Crippen molar-refractivity contribution >= 4 is 11.8 Å². The third-order valence-corrected chi connectivity index (χ3v) is 6.24. The lowest BCUT2D eigenvalue weighted by Gasteiger charge is -2.36. The van der Waals surface area contributed by atoms with Crippen LogP contribution in [-0.4, -0.2) is 52.3 Å². The van der Waals surface area contributed by atoms with E-state index in [0.717, 1.165) is 48.3 Å². The minimum absolute atomic E-state index is 0.0290. The molecule has 3 heterocycles. The van der Waals surface area contributed by atoms with E-state index < -0.39 is 6.04 Å². The first kappa shape index (κ1) is 20.5. The fourth-order valence-electron chi connectivity index (χ4n) is 4.61. The number of amides is 2. The molecule has 2 aliphatic heterocycles. The molecule has 2 atom stereocenters. The Kier molecular flexibility index (Phi) is 5.84. The van der Waals surface area contributed by atoms with Crippen molar-refractivity contribution in [3.63, 3.8) is 0 Å². The molecule has 2 amide bonds. The van der Waals surface area contributed by atoms with E-state index in [9.17, 15) is 14.0 Å². The van der Waals surface area contributed by atoms with Gasteiger partial charge in [0.25, 0.3) is 0 Å². The number of hydrogen-bond donors (Lipinski definition) is 0. The van der Waals surface area contributed by atoms with Crippen LogP contribution in [0.2, 0.25) is 0 Å². The summed E-state index contributed by atoms with van der Waals surface area (Å²) in [4.78, 5) is 33.5. The number of halogens is 1. The summed E-state index contributed by atoms with van der Waals surface area (Å²) in [6.45, 7) is 5.81. The monoisotopic (exact) mass is 409 g/mol. The summed E-state index contributed by atoms with van der Waals surface area (Å²) in [5, 5.41) is 0. The maximum absolute atomic E-state index is 13.3. The number of hydrogen-bond acceptors (Lipinski definition) is 3. The molecule has 2 saturated heterocycles. The van der Waals surface area contributed by atoms with E-state index in [2.05, 4.69) is 6.07 Å². The molecule has 1 aromatic heterocycles. The molecule has 0 radical (unpaired) electrons. The average molecular weight is 410 g/mol. The zero-order valence-corrected chi connectivity index (χ0v) is 17.6. The lowest BCUT2D eigenvalue weighted by Crippen LogP contribution is -2.50. The number of aryl methyl sites for hydroxylation is 1. The van der Waals surface area contributed by atoms with Gasteiger partial charge >= 0.3 is 0 Å². The summed E-state index contributed by atoms with van der Waals surface area (Å²) in [5.41, 5.74) is 3.84. The Hall–Kier alpha value is -2.76. The van der Waals surface area contributed by atoms with Crippen LogP contribution in [0.3, 0.4) is 0 Å². The molecule has 0 bridgehead atoms. The number of carbonyl (C=O) groups is 2. The molecule has 5 nitrogen and oxygen atoms in total. The fourth-order valence-corrected chi connectivity index (χ4v) is 4.61. The third-order valence-electron chi connectivity index (χ3n) is 6.24. The minimum atomic E-state index is -0.404. The van der Waals surface area contributed by atoms with Gasteiger partial charge in [0, 0.05) is 43.4 Å². The molecule has 158 valence electrons. The molecule has 0 aliphatic carbocycles. The maximum atomic E-state index is 13.3. The molecular formula is C24H28FN3O2. The second kappa shape index (κ2) is 8.54. The van der Waals surface area contributed by atoms with Crippen molar-refractivity contribution in [3.8, 4) is 11.1 Å². The maximum Gasteiger partial charge on any atom is 0.245 e. The Bertz CT molecular complexity index is 944. The molecule has 1 aromatic carbocycles. The van der Waals surface area contributed by atoms with Gasteiger partial charge in [0.2, 0.25) is 11.8 Å². The molecule has 2 aliphatic rings. The van der Waals surface area contributed by atoms with Crippen LogP contribution < -0.4 is 0 Å². The molecule has 0 unspecified atom stereocenters.